The molecule has 2 aromatic rings. The highest BCUT2D eigenvalue weighted by molar-refractivity contribution is 5.92. The molecule has 0 aromatic carbocycles. The summed E-state index contributed by atoms with van der Waals surface area (Å²) >= 11 is 0. The predicted molar refractivity (Wildman–Crippen MR) is 73.1 cm³/mol. The minimum absolute atomic E-state index is 0.183. The molecule has 2 heterocycles. The Kier molecular flexibility index (Phi) is 3.85. The molecule has 0 atom stereocenters. The Hall–Kier alpha value is -2.04. The van der Waals surface area contributed by atoms with Crippen LogP contribution >= 0.6 is 0 Å². The van der Waals surface area contributed by atoms with Crippen LogP contribution in [0.3, 0.4) is 0 Å². The summed E-state index contributed by atoms with van der Waals surface area (Å²) in [6, 6.07) is 5.14. The van der Waals surface area contributed by atoms with Crippen LogP contribution in [0.5, 0.6) is 0 Å². The number of aromatic nitrogens is 1. The van der Waals surface area contributed by atoms with Crippen LogP contribution in [0.25, 0.3) is 11.5 Å². The third-order valence-corrected chi connectivity index (χ3v) is 3.78. The number of carbonyl (C=O) groups is 1. The number of rotatable bonds is 4. The molecule has 0 radical (unpaired) electrons. The van der Waals surface area contributed by atoms with E-state index in [-0.39, 0.29) is 5.91 Å². The molecule has 1 saturated carbocycles. The topological polar surface area (TPSA) is 68.3 Å². The lowest BCUT2D eigenvalue weighted by Gasteiger charge is -2.21. The van der Waals surface area contributed by atoms with Crippen LogP contribution in [0, 0.1) is 5.92 Å². The summed E-state index contributed by atoms with van der Waals surface area (Å²) in [4.78, 5) is 12.0. The van der Waals surface area contributed by atoms with Crippen molar-refractivity contribution in [1.29, 1.82) is 0 Å². The van der Waals surface area contributed by atoms with Crippen molar-refractivity contribution in [3.05, 3.63) is 30.2 Å². The minimum atomic E-state index is -0.183. The van der Waals surface area contributed by atoms with Crippen molar-refractivity contribution in [2.24, 2.45) is 5.92 Å². The maximum absolute atomic E-state index is 12.0. The molecular formula is C15H18N2O3. The molecule has 1 amide bonds. The monoisotopic (exact) mass is 274 g/mol. The van der Waals surface area contributed by atoms with E-state index in [9.17, 15) is 4.79 Å². The zero-order chi connectivity index (χ0) is 13.8. The van der Waals surface area contributed by atoms with E-state index >= 15 is 0 Å². The summed E-state index contributed by atoms with van der Waals surface area (Å²) in [5, 5.41) is 6.72. The van der Waals surface area contributed by atoms with Gasteiger partial charge in [0.05, 0.1) is 6.26 Å². The predicted octanol–water partition coefficient (Wildman–Crippen LogP) is 3.24. The van der Waals surface area contributed by atoms with E-state index in [1.807, 2.05) is 0 Å². The number of hydrogen-bond acceptors (Lipinski definition) is 4. The van der Waals surface area contributed by atoms with E-state index in [0.29, 0.717) is 23.1 Å². The number of hydrogen-bond donors (Lipinski definition) is 1. The lowest BCUT2D eigenvalue weighted by atomic mass is 9.89. The standard InChI is InChI=1S/C15H18N2O3/c18-15(16-10-11-5-2-1-3-6-11)12-9-14(20-17-12)13-7-4-8-19-13/h4,7-9,11H,1-3,5-6,10H2,(H,16,18). The summed E-state index contributed by atoms with van der Waals surface area (Å²) in [6.07, 6.45) is 7.83. The highest BCUT2D eigenvalue weighted by Gasteiger charge is 2.18. The van der Waals surface area contributed by atoms with Crippen LogP contribution in [0.1, 0.15) is 42.6 Å². The van der Waals surface area contributed by atoms with E-state index < -0.39 is 0 Å². The van der Waals surface area contributed by atoms with Gasteiger partial charge in [0.15, 0.2) is 11.5 Å². The fourth-order valence-electron chi connectivity index (χ4n) is 2.64. The van der Waals surface area contributed by atoms with Crippen molar-refractivity contribution >= 4 is 5.91 Å². The average Bonchev–Trinajstić information content (AvgIpc) is 3.16. The van der Waals surface area contributed by atoms with E-state index in [4.69, 9.17) is 8.94 Å². The largest absolute Gasteiger partial charge is 0.461 e. The lowest BCUT2D eigenvalue weighted by molar-refractivity contribution is 0.0934. The van der Waals surface area contributed by atoms with Gasteiger partial charge in [-0.05, 0) is 30.9 Å². The zero-order valence-electron chi connectivity index (χ0n) is 11.3. The van der Waals surface area contributed by atoms with Crippen molar-refractivity contribution < 1.29 is 13.7 Å². The van der Waals surface area contributed by atoms with Crippen LogP contribution in [0.4, 0.5) is 0 Å². The number of amides is 1. The second-order valence-corrected chi connectivity index (χ2v) is 5.27. The first kappa shape index (κ1) is 13.0. The van der Waals surface area contributed by atoms with Gasteiger partial charge in [0.25, 0.3) is 5.91 Å². The molecule has 0 saturated heterocycles. The van der Waals surface area contributed by atoms with Crippen molar-refractivity contribution in [2.45, 2.75) is 32.1 Å². The Morgan fingerprint density at radius 2 is 2.15 bits per heavy atom. The molecule has 1 aliphatic carbocycles. The number of furan rings is 1. The quantitative estimate of drug-likeness (QED) is 0.929. The van der Waals surface area contributed by atoms with E-state index in [0.717, 1.165) is 6.54 Å². The van der Waals surface area contributed by atoms with Crippen molar-refractivity contribution in [3.63, 3.8) is 0 Å². The molecule has 0 spiro atoms. The van der Waals surface area contributed by atoms with E-state index in [1.54, 1.807) is 24.5 Å². The number of nitrogens with zero attached hydrogens (tertiary/aromatic N) is 1. The summed E-state index contributed by atoms with van der Waals surface area (Å²) in [5.41, 5.74) is 0.298. The third-order valence-electron chi connectivity index (χ3n) is 3.78. The summed E-state index contributed by atoms with van der Waals surface area (Å²) in [6.45, 7) is 0.724. The summed E-state index contributed by atoms with van der Waals surface area (Å²) in [5.74, 6) is 1.46. The lowest BCUT2D eigenvalue weighted by Crippen LogP contribution is -2.30. The molecule has 5 heteroatoms. The Bertz CT molecular complexity index is 553. The van der Waals surface area contributed by atoms with Gasteiger partial charge in [-0.1, -0.05) is 24.4 Å². The first-order valence-electron chi connectivity index (χ1n) is 7.12. The molecule has 2 aromatic heterocycles. The zero-order valence-corrected chi connectivity index (χ0v) is 11.3. The highest BCUT2D eigenvalue weighted by Crippen LogP contribution is 2.23. The molecule has 1 N–H and O–H groups in total. The van der Waals surface area contributed by atoms with Gasteiger partial charge in [-0.3, -0.25) is 4.79 Å². The average molecular weight is 274 g/mol. The molecule has 3 rings (SSSR count). The van der Waals surface area contributed by atoms with Crippen LogP contribution in [0.15, 0.2) is 33.4 Å². The van der Waals surface area contributed by atoms with E-state index in [2.05, 4.69) is 10.5 Å². The molecule has 1 fully saturated rings. The van der Waals surface area contributed by atoms with Gasteiger partial charge in [-0.25, -0.2) is 0 Å². The normalized spacial score (nSPS) is 16.2. The SMILES string of the molecule is O=C(NCC1CCCCC1)c1cc(-c2ccco2)on1. The Labute approximate surface area is 117 Å². The Morgan fingerprint density at radius 1 is 1.30 bits per heavy atom. The number of nitrogens with one attached hydrogen (secondary N) is 1. The highest BCUT2D eigenvalue weighted by atomic mass is 16.5. The molecule has 5 nitrogen and oxygen atoms in total. The van der Waals surface area contributed by atoms with E-state index in [1.165, 1.54) is 32.1 Å². The molecule has 0 bridgehead atoms. The minimum Gasteiger partial charge on any atom is -0.461 e. The fourth-order valence-corrected chi connectivity index (χ4v) is 2.64. The van der Waals surface area contributed by atoms with Crippen LogP contribution in [-0.4, -0.2) is 17.6 Å². The molecule has 106 valence electrons. The maximum Gasteiger partial charge on any atom is 0.273 e. The van der Waals surface area contributed by atoms with Gasteiger partial charge in [-0.2, -0.15) is 0 Å². The summed E-state index contributed by atoms with van der Waals surface area (Å²) < 4.78 is 10.3. The second kappa shape index (κ2) is 5.94. The first-order valence-corrected chi connectivity index (χ1v) is 7.12. The van der Waals surface area contributed by atoms with Gasteiger partial charge in [0, 0.05) is 12.6 Å². The smallest absolute Gasteiger partial charge is 0.273 e. The van der Waals surface area contributed by atoms with Crippen LogP contribution in [0.2, 0.25) is 0 Å². The third kappa shape index (κ3) is 2.92. The molecular weight excluding hydrogens is 256 g/mol. The summed E-state index contributed by atoms with van der Waals surface area (Å²) in [7, 11) is 0. The van der Waals surface area contributed by atoms with Crippen molar-refractivity contribution in [1.82, 2.24) is 10.5 Å². The Balaban J connectivity index is 1.57. The number of carbonyl (C=O) groups excluding carboxylic acids is 1. The van der Waals surface area contributed by atoms with Gasteiger partial charge in [-0.15, -0.1) is 0 Å². The second-order valence-electron chi connectivity index (χ2n) is 5.27. The Morgan fingerprint density at radius 3 is 2.90 bits per heavy atom. The van der Waals surface area contributed by atoms with Crippen molar-refractivity contribution in [2.75, 3.05) is 6.54 Å². The maximum atomic E-state index is 12.0. The molecule has 0 unspecified atom stereocenters. The van der Waals surface area contributed by atoms with Gasteiger partial charge >= 0.3 is 0 Å². The van der Waals surface area contributed by atoms with Crippen LogP contribution < -0.4 is 5.32 Å². The van der Waals surface area contributed by atoms with Crippen LogP contribution in [-0.2, 0) is 0 Å². The van der Waals surface area contributed by atoms with Gasteiger partial charge < -0.3 is 14.3 Å². The molecule has 0 aliphatic heterocycles. The fraction of sp³-hybridized carbons (Fsp3) is 0.467. The molecule has 20 heavy (non-hydrogen) atoms. The first-order chi connectivity index (χ1) is 9.83. The van der Waals surface area contributed by atoms with Gasteiger partial charge in [0.2, 0.25) is 5.76 Å². The van der Waals surface area contributed by atoms with Gasteiger partial charge in [0.1, 0.15) is 0 Å². The van der Waals surface area contributed by atoms with Crippen molar-refractivity contribution in [3.8, 4) is 11.5 Å². The molecule has 1 aliphatic rings.